The van der Waals surface area contributed by atoms with E-state index in [0.717, 1.165) is 12.3 Å². The molecule has 2 aliphatic carbocycles. The number of fused-ring (bicyclic) bond motifs is 2. The van der Waals surface area contributed by atoms with Crippen molar-refractivity contribution >= 4 is 11.9 Å². The zero-order valence-corrected chi connectivity index (χ0v) is 17.1. The summed E-state index contributed by atoms with van der Waals surface area (Å²) in [6, 6.07) is 0. The van der Waals surface area contributed by atoms with Gasteiger partial charge in [0.05, 0.1) is 10.8 Å². The molecule has 2 fully saturated rings. The number of hydrogen-bond donors (Lipinski definition) is 0. The number of esters is 2. The van der Waals surface area contributed by atoms with Crippen LogP contribution in [-0.4, -0.2) is 23.6 Å². The molecule has 0 amide bonds. The minimum absolute atomic E-state index is 0.0850. The van der Waals surface area contributed by atoms with Crippen LogP contribution in [0.5, 0.6) is 0 Å². The molecule has 0 aromatic heterocycles. The quantitative estimate of drug-likeness (QED) is 0.639. The van der Waals surface area contributed by atoms with Crippen molar-refractivity contribution < 1.29 is 19.1 Å². The van der Waals surface area contributed by atoms with Gasteiger partial charge in [-0.2, -0.15) is 0 Å². The summed E-state index contributed by atoms with van der Waals surface area (Å²) in [5.74, 6) is 0.888. The van der Waals surface area contributed by atoms with Crippen LogP contribution in [0.25, 0.3) is 0 Å². The fourth-order valence-electron chi connectivity index (χ4n) is 4.42. The molecule has 0 saturated heterocycles. The van der Waals surface area contributed by atoms with Gasteiger partial charge in [-0.1, -0.05) is 6.92 Å². The van der Waals surface area contributed by atoms with Crippen LogP contribution >= 0.6 is 0 Å². The van der Waals surface area contributed by atoms with Crippen molar-refractivity contribution in [3.05, 3.63) is 0 Å². The number of carbonyl (C=O) groups is 2. The van der Waals surface area contributed by atoms with E-state index in [1.165, 1.54) is 19.3 Å². The summed E-state index contributed by atoms with van der Waals surface area (Å²) in [5.41, 5.74) is -1.92. The molecule has 0 spiro atoms. The standard InChI is InChI=1S/C21H36O4/c1-8-21(7,13-20(5,6)17(22)25-19(2,3)4)18(23)24-16-12-14-9-10-15(16)11-14/h14-16H,8-13H2,1-7H3. The lowest BCUT2D eigenvalue weighted by Crippen LogP contribution is -2.42. The number of rotatable bonds is 6. The molecule has 144 valence electrons. The molecule has 0 heterocycles. The molecule has 0 aliphatic heterocycles. The lowest BCUT2D eigenvalue weighted by molar-refractivity contribution is -0.173. The van der Waals surface area contributed by atoms with Crippen molar-refractivity contribution in [2.75, 3.05) is 0 Å². The summed E-state index contributed by atoms with van der Waals surface area (Å²) >= 11 is 0. The summed E-state index contributed by atoms with van der Waals surface area (Å²) in [5, 5.41) is 0. The van der Waals surface area contributed by atoms with E-state index in [1.54, 1.807) is 0 Å². The van der Waals surface area contributed by atoms with Gasteiger partial charge in [-0.25, -0.2) is 0 Å². The maximum atomic E-state index is 12.9. The van der Waals surface area contributed by atoms with E-state index in [1.807, 2.05) is 48.5 Å². The molecule has 2 saturated carbocycles. The molecule has 2 bridgehead atoms. The second-order valence-corrected chi connectivity index (χ2v) is 10.1. The van der Waals surface area contributed by atoms with Crippen molar-refractivity contribution in [3.8, 4) is 0 Å². The second-order valence-electron chi connectivity index (χ2n) is 10.1. The van der Waals surface area contributed by atoms with Crippen LogP contribution in [0.1, 0.15) is 87.0 Å². The predicted octanol–water partition coefficient (Wildman–Crippen LogP) is 4.89. The van der Waals surface area contributed by atoms with Gasteiger partial charge in [0.15, 0.2) is 0 Å². The average Bonchev–Trinajstić information content (AvgIpc) is 3.07. The van der Waals surface area contributed by atoms with Crippen LogP contribution in [0.3, 0.4) is 0 Å². The van der Waals surface area contributed by atoms with E-state index in [9.17, 15) is 9.59 Å². The zero-order chi connectivity index (χ0) is 19.0. The molecular weight excluding hydrogens is 316 g/mol. The first-order valence-electron chi connectivity index (χ1n) is 9.81. The average molecular weight is 353 g/mol. The Labute approximate surface area is 153 Å². The van der Waals surface area contributed by atoms with Gasteiger partial charge in [-0.05, 0) is 91.9 Å². The highest BCUT2D eigenvalue weighted by molar-refractivity contribution is 5.80. The maximum Gasteiger partial charge on any atom is 0.312 e. The van der Waals surface area contributed by atoms with Crippen molar-refractivity contribution in [3.63, 3.8) is 0 Å². The van der Waals surface area contributed by atoms with Crippen LogP contribution in [0.2, 0.25) is 0 Å². The maximum absolute atomic E-state index is 12.9. The first-order valence-corrected chi connectivity index (χ1v) is 9.81. The van der Waals surface area contributed by atoms with E-state index in [-0.39, 0.29) is 18.0 Å². The molecule has 4 heteroatoms. The largest absolute Gasteiger partial charge is 0.462 e. The SMILES string of the molecule is CCC(C)(CC(C)(C)C(=O)OC(C)(C)C)C(=O)OC1CC2CCC1C2. The van der Waals surface area contributed by atoms with Crippen LogP contribution < -0.4 is 0 Å². The lowest BCUT2D eigenvalue weighted by Gasteiger charge is -2.36. The van der Waals surface area contributed by atoms with Gasteiger partial charge in [0, 0.05) is 0 Å². The minimum atomic E-state index is -0.730. The van der Waals surface area contributed by atoms with E-state index in [0.29, 0.717) is 18.8 Å². The molecule has 0 aromatic carbocycles. The molecule has 0 N–H and O–H groups in total. The molecule has 4 nitrogen and oxygen atoms in total. The van der Waals surface area contributed by atoms with Crippen molar-refractivity contribution in [1.82, 2.24) is 0 Å². The van der Waals surface area contributed by atoms with Gasteiger partial charge in [-0.15, -0.1) is 0 Å². The van der Waals surface area contributed by atoms with E-state index in [4.69, 9.17) is 9.47 Å². The minimum Gasteiger partial charge on any atom is -0.462 e. The van der Waals surface area contributed by atoms with Gasteiger partial charge in [0.25, 0.3) is 0 Å². The molecule has 4 unspecified atom stereocenters. The normalized spacial score (nSPS) is 28.5. The fraction of sp³-hybridized carbons (Fsp3) is 0.905. The summed E-state index contributed by atoms with van der Waals surface area (Å²) in [4.78, 5) is 25.5. The summed E-state index contributed by atoms with van der Waals surface area (Å²) in [6.45, 7) is 13.2. The van der Waals surface area contributed by atoms with Crippen LogP contribution in [-0.2, 0) is 19.1 Å². The molecule has 0 aromatic rings. The Morgan fingerprint density at radius 3 is 2.04 bits per heavy atom. The van der Waals surface area contributed by atoms with E-state index >= 15 is 0 Å². The van der Waals surface area contributed by atoms with Gasteiger partial charge in [0.2, 0.25) is 0 Å². The Hall–Kier alpha value is -1.06. The Kier molecular flexibility index (Phi) is 5.61. The van der Waals surface area contributed by atoms with Gasteiger partial charge >= 0.3 is 11.9 Å². The Morgan fingerprint density at radius 2 is 1.60 bits per heavy atom. The smallest absolute Gasteiger partial charge is 0.312 e. The van der Waals surface area contributed by atoms with Gasteiger partial charge < -0.3 is 9.47 Å². The summed E-state index contributed by atoms with van der Waals surface area (Å²) in [6.07, 6.45) is 5.88. The first kappa shape index (κ1) is 20.3. The van der Waals surface area contributed by atoms with Crippen LogP contribution in [0.4, 0.5) is 0 Å². The van der Waals surface area contributed by atoms with Crippen molar-refractivity contribution in [2.45, 2.75) is 98.7 Å². The molecular formula is C21H36O4. The highest BCUT2D eigenvalue weighted by Gasteiger charge is 2.47. The Balaban J connectivity index is 2.02. The highest BCUT2D eigenvalue weighted by atomic mass is 16.6. The number of hydrogen-bond acceptors (Lipinski definition) is 4. The zero-order valence-electron chi connectivity index (χ0n) is 17.1. The molecule has 2 rings (SSSR count). The van der Waals surface area contributed by atoms with E-state index in [2.05, 4.69) is 0 Å². The number of carbonyl (C=O) groups excluding carboxylic acids is 2. The molecule has 25 heavy (non-hydrogen) atoms. The van der Waals surface area contributed by atoms with E-state index < -0.39 is 16.4 Å². The Bertz CT molecular complexity index is 516. The third kappa shape index (κ3) is 4.77. The van der Waals surface area contributed by atoms with Gasteiger partial charge in [0.1, 0.15) is 11.7 Å². The van der Waals surface area contributed by atoms with Crippen molar-refractivity contribution in [1.29, 1.82) is 0 Å². The topological polar surface area (TPSA) is 52.6 Å². The third-order valence-corrected chi connectivity index (χ3v) is 5.99. The lowest BCUT2D eigenvalue weighted by atomic mass is 9.72. The van der Waals surface area contributed by atoms with Crippen LogP contribution in [0.15, 0.2) is 0 Å². The number of ether oxygens (including phenoxy) is 2. The second kappa shape index (κ2) is 6.92. The molecule has 4 atom stereocenters. The summed E-state index contributed by atoms with van der Waals surface area (Å²) in [7, 11) is 0. The van der Waals surface area contributed by atoms with Crippen LogP contribution in [0, 0.1) is 22.7 Å². The first-order chi connectivity index (χ1) is 11.4. The summed E-state index contributed by atoms with van der Waals surface area (Å²) < 4.78 is 11.5. The Morgan fingerprint density at radius 1 is 0.960 bits per heavy atom. The van der Waals surface area contributed by atoms with Crippen molar-refractivity contribution in [2.24, 2.45) is 22.7 Å². The predicted molar refractivity (Wildman–Crippen MR) is 98.0 cm³/mol. The highest BCUT2D eigenvalue weighted by Crippen LogP contribution is 2.47. The fourth-order valence-corrected chi connectivity index (χ4v) is 4.42. The molecule has 2 aliphatic rings. The molecule has 0 radical (unpaired) electrons. The third-order valence-electron chi connectivity index (χ3n) is 5.99. The monoisotopic (exact) mass is 352 g/mol. The van der Waals surface area contributed by atoms with Gasteiger partial charge in [-0.3, -0.25) is 9.59 Å².